The molecule has 2 aromatic carbocycles. The van der Waals surface area contributed by atoms with Gasteiger partial charge < -0.3 is 14.7 Å². The molecule has 2 N–H and O–H groups in total. The van der Waals surface area contributed by atoms with Crippen molar-refractivity contribution < 1.29 is 24.3 Å². The summed E-state index contributed by atoms with van der Waals surface area (Å²) in [5.74, 6) is -2.15. The van der Waals surface area contributed by atoms with Crippen LogP contribution in [0.4, 0.5) is 0 Å². The molecule has 2 unspecified atom stereocenters. The molecular formula is C23H26NO4+. The fourth-order valence-corrected chi connectivity index (χ4v) is 4.91. The maximum absolute atomic E-state index is 13.3. The predicted molar refractivity (Wildman–Crippen MR) is 104 cm³/mol. The van der Waals surface area contributed by atoms with Crippen LogP contribution in [-0.2, 0) is 14.3 Å². The van der Waals surface area contributed by atoms with Crippen LogP contribution in [-0.4, -0.2) is 41.8 Å². The summed E-state index contributed by atoms with van der Waals surface area (Å²) in [6.07, 6.45) is 2.74. The van der Waals surface area contributed by atoms with E-state index in [1.54, 1.807) is 0 Å². The minimum absolute atomic E-state index is 0.231. The van der Waals surface area contributed by atoms with Crippen molar-refractivity contribution in [3.63, 3.8) is 0 Å². The number of hydrogen-bond acceptors (Lipinski definition) is 3. The second kappa shape index (κ2) is 7.40. The Morgan fingerprint density at radius 3 is 1.86 bits per heavy atom. The zero-order chi connectivity index (χ0) is 19.7. The third kappa shape index (κ3) is 3.31. The zero-order valence-corrected chi connectivity index (χ0v) is 16.0. The van der Waals surface area contributed by atoms with Gasteiger partial charge in [0.1, 0.15) is 5.92 Å². The molecule has 28 heavy (non-hydrogen) atoms. The number of carboxylic acids is 1. The van der Waals surface area contributed by atoms with Crippen LogP contribution in [0, 0.1) is 0 Å². The number of ether oxygens (including phenoxy) is 1. The molecule has 2 aliphatic heterocycles. The number of carbonyl (C=O) groups is 2. The summed E-state index contributed by atoms with van der Waals surface area (Å²) in [7, 11) is 2.12. The molecule has 0 saturated carbocycles. The number of nitrogens with one attached hydrogen (secondary N) is 1. The summed E-state index contributed by atoms with van der Waals surface area (Å²) in [5.41, 5.74) is 0.186. The highest BCUT2D eigenvalue weighted by molar-refractivity contribution is 5.87. The summed E-state index contributed by atoms with van der Waals surface area (Å²) in [5, 5.41) is 10.0. The maximum Gasteiger partial charge on any atom is 0.348 e. The Kier molecular flexibility index (Phi) is 4.94. The van der Waals surface area contributed by atoms with Crippen LogP contribution in [0.15, 0.2) is 60.7 Å². The SMILES string of the molecule is C[NH+]1[C@@H]2CC[C@H]1CC(OC(=O)C(c1ccccc1)c1ccccc1)(C(=O)O)C2. The Labute approximate surface area is 164 Å². The number of benzene rings is 2. The Bertz CT molecular complexity index is 798. The monoisotopic (exact) mass is 380 g/mol. The number of piperidine rings is 1. The molecular weight excluding hydrogens is 354 g/mol. The largest absolute Gasteiger partial charge is 0.478 e. The normalized spacial score (nSPS) is 28.9. The molecule has 5 heteroatoms. The number of rotatable bonds is 5. The van der Waals surface area contributed by atoms with E-state index < -0.39 is 23.5 Å². The molecule has 146 valence electrons. The number of hydrogen-bond donors (Lipinski definition) is 2. The Balaban J connectivity index is 1.66. The van der Waals surface area contributed by atoms with Crippen LogP contribution in [0.2, 0.25) is 0 Å². The summed E-state index contributed by atoms with van der Waals surface area (Å²) >= 11 is 0. The van der Waals surface area contributed by atoms with Gasteiger partial charge in [-0.1, -0.05) is 60.7 Å². The van der Waals surface area contributed by atoms with E-state index in [9.17, 15) is 14.7 Å². The van der Waals surface area contributed by atoms with Gasteiger partial charge in [0.2, 0.25) is 5.60 Å². The second-order valence-electron chi connectivity index (χ2n) is 8.10. The lowest BCUT2D eigenvalue weighted by Crippen LogP contribution is -3.16. The van der Waals surface area contributed by atoms with E-state index in [-0.39, 0.29) is 12.1 Å². The zero-order valence-electron chi connectivity index (χ0n) is 16.0. The Hall–Kier alpha value is -2.66. The van der Waals surface area contributed by atoms with Gasteiger partial charge in [0, 0.05) is 12.8 Å². The molecule has 0 amide bonds. The fraction of sp³-hybridized carbons (Fsp3) is 0.391. The standard InChI is InChI=1S/C23H25NO4/c1-24-18-12-13-19(24)15-23(14-18,22(26)27)28-21(25)20(16-8-4-2-5-9-16)17-10-6-3-7-11-17/h2-11,18-20H,12-15H2,1H3,(H,26,27)/p+1/t18-,19+,23?. The average molecular weight is 380 g/mol. The molecule has 0 aromatic heterocycles. The lowest BCUT2D eigenvalue weighted by atomic mass is 9.85. The third-order valence-electron chi connectivity index (χ3n) is 6.49. The molecule has 2 fully saturated rings. The molecule has 2 bridgehead atoms. The minimum atomic E-state index is -1.43. The number of esters is 1. The van der Waals surface area contributed by atoms with Gasteiger partial charge in [-0.2, -0.15) is 0 Å². The van der Waals surface area contributed by atoms with Gasteiger partial charge in [0.05, 0.1) is 32.0 Å². The molecule has 2 aromatic rings. The van der Waals surface area contributed by atoms with Crippen LogP contribution >= 0.6 is 0 Å². The van der Waals surface area contributed by atoms with Gasteiger partial charge >= 0.3 is 11.9 Å². The summed E-state index contributed by atoms with van der Waals surface area (Å²) < 4.78 is 5.89. The number of carbonyl (C=O) groups excluding carboxylic acids is 1. The van der Waals surface area contributed by atoms with Crippen LogP contribution in [0.1, 0.15) is 42.7 Å². The molecule has 2 heterocycles. The van der Waals surface area contributed by atoms with E-state index >= 15 is 0 Å². The average Bonchev–Trinajstić information content (AvgIpc) is 2.91. The van der Waals surface area contributed by atoms with E-state index in [0.29, 0.717) is 12.8 Å². The molecule has 4 atom stereocenters. The first kappa shape index (κ1) is 18.7. The number of carboxylic acid groups (broad SMARTS) is 1. The van der Waals surface area contributed by atoms with Crippen LogP contribution in [0.5, 0.6) is 0 Å². The molecule has 0 spiro atoms. The summed E-state index contributed by atoms with van der Waals surface area (Å²) in [4.78, 5) is 27.0. The number of quaternary nitrogens is 1. The number of fused-ring (bicyclic) bond motifs is 2. The van der Waals surface area contributed by atoms with Crippen molar-refractivity contribution in [1.29, 1.82) is 0 Å². The van der Waals surface area contributed by atoms with E-state index in [2.05, 4.69) is 7.05 Å². The lowest BCUT2D eigenvalue weighted by molar-refractivity contribution is -0.924. The Morgan fingerprint density at radius 2 is 1.43 bits per heavy atom. The van der Waals surface area contributed by atoms with Gasteiger partial charge in [0.15, 0.2) is 0 Å². The highest BCUT2D eigenvalue weighted by Gasteiger charge is 2.57. The van der Waals surface area contributed by atoms with Crippen molar-refractivity contribution in [3.05, 3.63) is 71.8 Å². The molecule has 2 saturated heterocycles. The Morgan fingerprint density at radius 1 is 0.964 bits per heavy atom. The van der Waals surface area contributed by atoms with Crippen molar-refractivity contribution in [2.45, 2.75) is 49.3 Å². The highest BCUT2D eigenvalue weighted by atomic mass is 16.6. The van der Waals surface area contributed by atoms with Crippen molar-refractivity contribution in [1.82, 2.24) is 0 Å². The van der Waals surface area contributed by atoms with Gasteiger partial charge in [-0.05, 0) is 11.1 Å². The molecule has 5 nitrogen and oxygen atoms in total. The molecule has 0 radical (unpaired) electrons. The second-order valence-corrected chi connectivity index (χ2v) is 8.10. The van der Waals surface area contributed by atoms with E-state index in [4.69, 9.17) is 4.74 Å². The van der Waals surface area contributed by atoms with Gasteiger partial charge in [-0.3, -0.25) is 4.79 Å². The minimum Gasteiger partial charge on any atom is -0.478 e. The summed E-state index contributed by atoms with van der Waals surface area (Å²) in [6.45, 7) is 0. The van der Waals surface area contributed by atoms with Crippen molar-refractivity contribution in [2.24, 2.45) is 0 Å². The molecule has 0 aliphatic carbocycles. The molecule has 2 aliphatic rings. The van der Waals surface area contributed by atoms with Gasteiger partial charge in [-0.25, -0.2) is 4.79 Å². The van der Waals surface area contributed by atoms with Gasteiger partial charge in [0.25, 0.3) is 0 Å². The summed E-state index contributed by atoms with van der Waals surface area (Å²) in [6, 6.07) is 19.3. The number of aliphatic carboxylic acids is 1. The smallest absolute Gasteiger partial charge is 0.348 e. The van der Waals surface area contributed by atoms with Crippen molar-refractivity contribution in [3.8, 4) is 0 Å². The maximum atomic E-state index is 13.3. The topological polar surface area (TPSA) is 68.0 Å². The van der Waals surface area contributed by atoms with E-state index in [1.165, 1.54) is 4.90 Å². The van der Waals surface area contributed by atoms with Crippen LogP contribution in [0.3, 0.4) is 0 Å². The van der Waals surface area contributed by atoms with Crippen molar-refractivity contribution >= 4 is 11.9 Å². The van der Waals surface area contributed by atoms with E-state index in [1.807, 2.05) is 60.7 Å². The van der Waals surface area contributed by atoms with Crippen LogP contribution in [0.25, 0.3) is 0 Å². The predicted octanol–water partition coefficient (Wildman–Crippen LogP) is 2.02. The third-order valence-corrected chi connectivity index (χ3v) is 6.49. The quantitative estimate of drug-likeness (QED) is 0.779. The highest BCUT2D eigenvalue weighted by Crippen LogP contribution is 2.36. The van der Waals surface area contributed by atoms with E-state index in [0.717, 1.165) is 24.0 Å². The van der Waals surface area contributed by atoms with Crippen LogP contribution < -0.4 is 4.90 Å². The first-order valence-electron chi connectivity index (χ1n) is 9.89. The van der Waals surface area contributed by atoms with Gasteiger partial charge in [-0.15, -0.1) is 0 Å². The molecule has 4 rings (SSSR count). The van der Waals surface area contributed by atoms with Crippen molar-refractivity contribution in [2.75, 3.05) is 7.05 Å². The fourth-order valence-electron chi connectivity index (χ4n) is 4.91. The first-order chi connectivity index (χ1) is 13.5. The lowest BCUT2D eigenvalue weighted by Gasteiger charge is -2.40. The first-order valence-corrected chi connectivity index (χ1v) is 9.89.